The van der Waals surface area contributed by atoms with E-state index in [0.29, 0.717) is 58.1 Å². The highest BCUT2D eigenvalue weighted by Gasteiger charge is 2.72. The molecule has 8 aliphatic carbocycles. The molecule has 2 saturated heterocycles. The number of hydrogen-bond donors (Lipinski definition) is 2. The molecular formula is C106H101Cl2F14I8NO13+2. The molecular weight excluding hydrogens is 2850 g/mol. The lowest BCUT2D eigenvalue weighted by Gasteiger charge is -2.63. The van der Waals surface area contributed by atoms with Crippen LogP contribution in [-0.2, 0) is 38.0 Å². The Morgan fingerprint density at radius 3 is 0.701 bits per heavy atom. The molecule has 774 valence electrons. The molecule has 11 aromatic carbocycles. The quantitative estimate of drug-likeness (QED) is 0.0399. The van der Waals surface area contributed by atoms with Crippen LogP contribution in [0.3, 0.4) is 0 Å². The van der Waals surface area contributed by atoms with Crippen molar-refractivity contribution >= 4 is 125 Å². The predicted octanol–water partition coefficient (Wildman–Crippen LogP) is 12.8. The molecule has 38 heteroatoms. The zero-order valence-corrected chi connectivity index (χ0v) is 96.6. The van der Waals surface area contributed by atoms with Gasteiger partial charge in [0.05, 0.1) is 19.6 Å². The van der Waals surface area contributed by atoms with Gasteiger partial charge in [-0.3, -0.25) is 0 Å². The van der Waals surface area contributed by atoms with Gasteiger partial charge in [0.15, 0.2) is 33.0 Å². The summed E-state index contributed by atoms with van der Waals surface area (Å²) in [7, 11) is 0. The van der Waals surface area contributed by atoms with Crippen molar-refractivity contribution in [2.45, 2.75) is 157 Å². The largest absolute Gasteiger partial charge is 1.00 e. The topological polar surface area (TPSA) is 151 Å². The second kappa shape index (κ2) is 52.3. The van der Waals surface area contributed by atoms with Gasteiger partial charge in [0.25, 0.3) is 0 Å². The van der Waals surface area contributed by atoms with Crippen molar-refractivity contribution in [1.82, 2.24) is 0 Å². The molecule has 2 aliphatic heterocycles. The van der Waals surface area contributed by atoms with Crippen LogP contribution in [0, 0.1) is 86.4 Å². The summed E-state index contributed by atoms with van der Waals surface area (Å²) in [6, 6.07) is 85.9. The van der Waals surface area contributed by atoms with Crippen LogP contribution in [-0.4, -0.2) is 121 Å². The first-order valence-corrected chi connectivity index (χ1v) is 57.3. The number of carbonyl (C=O) groups is 2. The Labute approximate surface area is 939 Å². The van der Waals surface area contributed by atoms with Crippen LogP contribution in [0.15, 0.2) is 267 Å². The minimum absolute atomic E-state index is 0. The van der Waals surface area contributed by atoms with Gasteiger partial charge in [-0.05, 0) is 477 Å². The van der Waals surface area contributed by atoms with E-state index in [1.165, 1.54) is 72.5 Å². The summed E-state index contributed by atoms with van der Waals surface area (Å²) in [5, 5.41) is 8.75. The van der Waals surface area contributed by atoms with Gasteiger partial charge in [-0.25, -0.2) is 18.4 Å². The zero-order valence-electron chi connectivity index (χ0n) is 77.8. The van der Waals surface area contributed by atoms with Crippen LogP contribution < -0.4 is 112 Å². The summed E-state index contributed by atoms with van der Waals surface area (Å²) in [6.45, 7) is 5.47. The lowest BCUT2D eigenvalue weighted by molar-refractivity contribution is -0.894. The molecule has 8 saturated carbocycles. The Kier molecular flexibility index (Phi) is 43.1. The van der Waals surface area contributed by atoms with Gasteiger partial charge in [-0.15, -0.1) is 0 Å². The minimum Gasteiger partial charge on any atom is -1.00 e. The van der Waals surface area contributed by atoms with E-state index in [9.17, 15) is 71.1 Å². The van der Waals surface area contributed by atoms with Crippen molar-refractivity contribution in [2.75, 3.05) is 46.1 Å². The average Bonchev–Trinajstić information content (AvgIpc) is 0.959. The molecule has 0 amide bonds. The minimum atomic E-state index is -4.36. The Morgan fingerprint density at radius 1 is 0.333 bits per heavy atom. The van der Waals surface area contributed by atoms with Gasteiger partial charge in [-0.2, -0.15) is 52.7 Å². The third-order valence-corrected chi connectivity index (χ3v) is 36.6. The highest BCUT2D eigenvalue weighted by Crippen LogP contribution is 2.66. The van der Waals surface area contributed by atoms with Gasteiger partial charge >= 0.3 is 111 Å². The molecule has 4 atom stereocenters. The number of benzene rings is 11. The molecule has 14 nitrogen and oxygen atoms in total. The van der Waals surface area contributed by atoms with Gasteiger partial charge in [0.2, 0.25) is 0 Å². The lowest BCUT2D eigenvalue weighted by Crippen LogP contribution is -3.61. The number of carbonyl (C=O) groups excluding carboxylic acids is 2. The van der Waals surface area contributed by atoms with E-state index in [1.54, 1.807) is 41.3 Å². The highest BCUT2D eigenvalue weighted by molar-refractivity contribution is 14.1. The number of rotatable bonds is 21. The normalized spacial score (nSPS) is 21.8. The Bertz CT molecular complexity index is 5320. The van der Waals surface area contributed by atoms with Gasteiger partial charge in [0, 0.05) is 55.4 Å². The number of phenols is 1. The molecule has 2 N–H and O–H groups in total. The molecule has 2 heterocycles. The summed E-state index contributed by atoms with van der Waals surface area (Å²) < 4.78 is 257. The number of nitrogens with one attached hydrogen (secondary N) is 1. The van der Waals surface area contributed by atoms with Crippen molar-refractivity contribution in [3.8, 4) is 51.7 Å². The predicted molar refractivity (Wildman–Crippen MR) is 536 cm³/mol. The second-order valence-electron chi connectivity index (χ2n) is 35.5. The summed E-state index contributed by atoms with van der Waals surface area (Å²) >= 11 is 10.5. The lowest BCUT2D eigenvalue weighted by atomic mass is 9.51. The fourth-order valence-corrected chi connectivity index (χ4v) is 26.4. The van der Waals surface area contributed by atoms with E-state index in [1.807, 2.05) is 158 Å². The fourth-order valence-electron chi connectivity index (χ4n) is 18.2. The summed E-state index contributed by atoms with van der Waals surface area (Å²) in [5.74, 6) is -26.8. The van der Waals surface area contributed by atoms with Crippen LogP contribution in [0.2, 0.25) is 0 Å². The number of hydrogen-bond acceptors (Lipinski definition) is 13. The van der Waals surface area contributed by atoms with Crippen molar-refractivity contribution in [1.29, 1.82) is 0 Å². The molecule has 8 bridgehead atoms. The van der Waals surface area contributed by atoms with E-state index in [-0.39, 0.29) is 138 Å². The van der Waals surface area contributed by atoms with E-state index in [2.05, 4.69) is 182 Å². The van der Waals surface area contributed by atoms with Crippen molar-refractivity contribution in [3.63, 3.8) is 0 Å². The van der Waals surface area contributed by atoms with Gasteiger partial charge < -0.3 is 82.2 Å². The molecule has 0 aromatic heterocycles. The first kappa shape index (κ1) is 119. The number of ether oxygens (including phenoxy) is 10. The standard InChI is InChI=1S/2C24H16I3O2.2C17H20F6O4.C12H8F2I.C6H5IO.C6H15N.2ClH/c2*25-17-1-9-21(10-2-17)28-23-13-5-19(6-14-23)27-20-7-15-24(16-8-20)29-22-11-3-18(26)4-12-22;2*1-13(18,19)12(24)27-14-4-9-2-10(5-14)17(11(3-9)6-14)25-7-15(20,21)16(22,23)8-26-17;13-9-1-5-11(6-2-9)15-12-7-3-10(14)4-8-12;7-5-1-3-6(8)4-2-5;1-4-7(5-2)6-3;;/h2*1-16H;2*9-11H,2-8H2,1H3;1-8H;1-4,8H;4-6H2,1-3H3;2*1H/q2*+1;;;+1;;;;/p-1. The van der Waals surface area contributed by atoms with Gasteiger partial charge in [-0.1, -0.05) is 0 Å². The summed E-state index contributed by atoms with van der Waals surface area (Å²) in [4.78, 5) is 25.1. The van der Waals surface area contributed by atoms with Crippen molar-refractivity contribution in [3.05, 3.63) is 318 Å². The number of halogens is 24. The average molecular weight is 2950 g/mol. The molecule has 10 aliphatic rings. The molecule has 21 rings (SSSR count). The van der Waals surface area contributed by atoms with Crippen LogP contribution in [0.25, 0.3) is 0 Å². The monoisotopic (exact) mass is 2950 g/mol. The smallest absolute Gasteiger partial charge is 0.377 e. The van der Waals surface area contributed by atoms with Crippen LogP contribution in [0.1, 0.15) is 98.8 Å². The second-order valence-corrected chi connectivity index (χ2v) is 50.8. The highest BCUT2D eigenvalue weighted by atomic mass is 127. The van der Waals surface area contributed by atoms with E-state index >= 15 is 0 Å². The first-order chi connectivity index (χ1) is 67.2. The molecule has 11 aromatic rings. The summed E-state index contributed by atoms with van der Waals surface area (Å²) in [6.07, 6.45) is 2.93. The molecule has 4 unspecified atom stereocenters. The third-order valence-electron chi connectivity index (χ3n) is 24.9. The molecule has 10 fully saturated rings. The zero-order chi connectivity index (χ0) is 102. The Balaban J connectivity index is 0.000000166. The fraction of sp³-hybridized carbons (Fsp3) is 0.358. The van der Waals surface area contributed by atoms with E-state index in [0.717, 1.165) is 56.7 Å². The van der Waals surface area contributed by atoms with Gasteiger partial charge in [0.1, 0.15) is 101 Å². The van der Waals surface area contributed by atoms with Crippen molar-refractivity contribution < 1.29 is 217 Å². The number of quaternary nitrogens is 1. The maximum Gasteiger partial charge on any atom is 0.377 e. The maximum absolute atomic E-state index is 13.7. The van der Waals surface area contributed by atoms with E-state index < -0.39 is 120 Å². The van der Waals surface area contributed by atoms with Crippen molar-refractivity contribution in [2.24, 2.45) is 35.5 Å². The Morgan fingerprint density at radius 2 is 0.521 bits per heavy atom. The van der Waals surface area contributed by atoms with Crippen LogP contribution in [0.5, 0.6) is 51.7 Å². The molecule has 2 spiro atoms. The Hall–Kier alpha value is -5.40. The van der Waals surface area contributed by atoms with Crippen LogP contribution in [0.4, 0.5) is 61.5 Å². The number of alkyl halides is 12. The number of esters is 2. The van der Waals surface area contributed by atoms with Crippen LogP contribution >= 0.6 is 113 Å². The maximum atomic E-state index is 13.7. The summed E-state index contributed by atoms with van der Waals surface area (Å²) in [5.41, 5.74) is -2.30. The molecule has 144 heavy (non-hydrogen) atoms. The number of aromatic hydroxyl groups is 1. The third kappa shape index (κ3) is 32.8. The first-order valence-electron chi connectivity index (χ1n) is 45.4. The van der Waals surface area contributed by atoms with E-state index in [4.69, 9.17) is 52.5 Å². The SMILES string of the molecule is CC(F)(F)C(=O)OC12CC3CC(C1)C1(OCC(F)(F)C(F)(F)CO1)C(C3)C2.CC(F)(F)C(=O)OC12CC3CC(C1)C1(OCC(F)(F)C(F)(F)CO1)C(C3)C2.CC[NH+](CC)CC.Fc1ccc([I+]c2ccc(F)cc2)cc1.Ic1ccc(Oc2ccc([I+]c3ccc(Oc4ccc(I)cc4)cc3)cc2)cc1.Ic1ccc(Oc2ccc([I+]c3ccc(Oc4ccc(I)cc4)cc3)cc2)cc1.Oc1ccc(I)cc1.[Cl-].[Cl-]. The number of phenolic OH excluding ortho intramolecular Hbond substituents is 1. The molecule has 0 radical (unpaired) electrons.